The van der Waals surface area contributed by atoms with Crippen LogP contribution in [0.15, 0.2) is 60.8 Å². The molecule has 2 aromatic carbocycles. The molecule has 2 aliphatic heterocycles. The van der Waals surface area contributed by atoms with Crippen molar-refractivity contribution in [1.82, 2.24) is 25.5 Å². The molecule has 52 heavy (non-hydrogen) atoms. The van der Waals surface area contributed by atoms with Crippen LogP contribution in [0.25, 0.3) is 22.4 Å². The number of carbonyl (C=O) groups is 2. The molecule has 274 valence electrons. The number of rotatable bonds is 12. The molecule has 10 nitrogen and oxygen atoms in total. The van der Waals surface area contributed by atoms with Crippen LogP contribution in [-0.2, 0) is 27.4 Å². The molecule has 3 N–H and O–H groups in total. The number of esters is 1. The fourth-order valence-electron chi connectivity index (χ4n) is 6.61. The molecule has 0 unspecified atom stereocenters. The normalized spacial score (nSPS) is 17.6. The van der Waals surface area contributed by atoms with Crippen molar-refractivity contribution in [3.63, 3.8) is 0 Å². The smallest absolute Gasteiger partial charge is 0.323 e. The lowest BCUT2D eigenvalue weighted by Crippen LogP contribution is -2.40. The van der Waals surface area contributed by atoms with Crippen LogP contribution in [0, 0.1) is 5.82 Å². The van der Waals surface area contributed by atoms with E-state index in [4.69, 9.17) is 37.7 Å². The lowest BCUT2D eigenvalue weighted by atomic mass is 10.00. The van der Waals surface area contributed by atoms with E-state index in [2.05, 4.69) is 20.9 Å². The van der Waals surface area contributed by atoms with E-state index in [-0.39, 0.29) is 30.3 Å². The zero-order valence-corrected chi connectivity index (χ0v) is 31.2. The Morgan fingerprint density at radius 1 is 1.02 bits per heavy atom. The van der Waals surface area contributed by atoms with Crippen LogP contribution in [0.5, 0.6) is 5.88 Å². The Morgan fingerprint density at radius 3 is 2.50 bits per heavy atom. The number of ether oxygens (including phenoxy) is 2. The van der Waals surface area contributed by atoms with Crippen LogP contribution in [0.1, 0.15) is 57.6 Å². The van der Waals surface area contributed by atoms with E-state index in [9.17, 15) is 9.59 Å². The largest absolute Gasteiger partial charge is 0.481 e. The molecule has 2 aliphatic rings. The SMILES string of the molecule is COc1nc(-c2cccc(-c3cccc(Nc4nccc(CN5CCC[C@H]5C(=O)OC(C)(C)C)c4F)c3Cl)c2Cl)ccc1CNC[C@@H]1CCC(=O)N1. The summed E-state index contributed by atoms with van der Waals surface area (Å²) >= 11 is 14.0. The number of benzene rings is 2. The number of methoxy groups -OCH3 is 1. The summed E-state index contributed by atoms with van der Waals surface area (Å²) in [5.41, 5.74) is 3.74. The molecule has 0 saturated carbocycles. The van der Waals surface area contributed by atoms with E-state index in [1.807, 2.05) is 68.1 Å². The predicted molar refractivity (Wildman–Crippen MR) is 201 cm³/mol. The monoisotopic (exact) mass is 748 g/mol. The third-order valence-electron chi connectivity index (χ3n) is 9.13. The molecule has 4 heterocycles. The van der Waals surface area contributed by atoms with E-state index >= 15 is 4.39 Å². The first-order valence-electron chi connectivity index (χ1n) is 17.4. The van der Waals surface area contributed by atoms with Gasteiger partial charge in [0.15, 0.2) is 11.6 Å². The van der Waals surface area contributed by atoms with E-state index in [1.54, 1.807) is 19.2 Å². The van der Waals surface area contributed by atoms with Gasteiger partial charge in [-0.1, -0.05) is 59.6 Å². The van der Waals surface area contributed by atoms with Crippen molar-refractivity contribution in [1.29, 1.82) is 0 Å². The molecule has 0 aliphatic carbocycles. The third-order valence-corrected chi connectivity index (χ3v) is 9.94. The van der Waals surface area contributed by atoms with Crippen LogP contribution < -0.4 is 20.7 Å². The van der Waals surface area contributed by atoms with Crippen LogP contribution in [0.3, 0.4) is 0 Å². The number of aromatic nitrogens is 2. The van der Waals surface area contributed by atoms with Gasteiger partial charge in [-0.05, 0) is 64.8 Å². The highest BCUT2D eigenvalue weighted by molar-refractivity contribution is 6.39. The van der Waals surface area contributed by atoms with E-state index in [0.717, 1.165) is 18.4 Å². The third kappa shape index (κ3) is 8.66. The zero-order chi connectivity index (χ0) is 37.0. The maximum absolute atomic E-state index is 15.9. The Hall–Kier alpha value is -4.29. The topological polar surface area (TPSA) is 118 Å². The highest BCUT2D eigenvalue weighted by Gasteiger charge is 2.34. The van der Waals surface area contributed by atoms with Gasteiger partial charge < -0.3 is 25.4 Å². The van der Waals surface area contributed by atoms with E-state index in [0.29, 0.717) is 82.0 Å². The second kappa shape index (κ2) is 16.2. The van der Waals surface area contributed by atoms with Gasteiger partial charge in [0.1, 0.15) is 11.6 Å². The summed E-state index contributed by atoms with van der Waals surface area (Å²) in [6.07, 6.45) is 4.39. The molecular weight excluding hydrogens is 706 g/mol. The Bertz CT molecular complexity index is 1950. The second-order valence-electron chi connectivity index (χ2n) is 14.1. The van der Waals surface area contributed by atoms with E-state index in [1.165, 1.54) is 6.20 Å². The number of likely N-dealkylation sites (tertiary alicyclic amines) is 1. The van der Waals surface area contributed by atoms with Crippen LogP contribution in [-0.4, -0.2) is 64.6 Å². The predicted octanol–water partition coefficient (Wildman–Crippen LogP) is 7.68. The summed E-state index contributed by atoms with van der Waals surface area (Å²) in [4.78, 5) is 35.4. The highest BCUT2D eigenvalue weighted by atomic mass is 35.5. The number of halogens is 3. The quantitative estimate of drug-likeness (QED) is 0.125. The zero-order valence-electron chi connectivity index (χ0n) is 29.7. The van der Waals surface area contributed by atoms with Crippen LogP contribution >= 0.6 is 23.2 Å². The molecular formula is C39H43Cl2FN6O4. The number of pyridine rings is 2. The van der Waals surface area contributed by atoms with Gasteiger partial charge in [-0.25, -0.2) is 14.4 Å². The number of amides is 1. The summed E-state index contributed by atoms with van der Waals surface area (Å²) in [7, 11) is 1.57. The van der Waals surface area contributed by atoms with Gasteiger partial charge in [-0.15, -0.1) is 0 Å². The number of anilines is 2. The Balaban J connectivity index is 1.19. The first-order valence-corrected chi connectivity index (χ1v) is 18.2. The van der Waals surface area contributed by atoms with Crippen molar-refractivity contribution in [2.45, 2.75) is 77.2 Å². The van der Waals surface area contributed by atoms with Crippen molar-refractivity contribution >= 4 is 46.6 Å². The molecule has 13 heteroatoms. The molecule has 0 spiro atoms. The molecule has 2 atom stereocenters. The number of hydrogen-bond donors (Lipinski definition) is 3. The molecule has 2 fully saturated rings. The molecule has 0 radical (unpaired) electrons. The van der Waals surface area contributed by atoms with Gasteiger partial charge in [-0.2, -0.15) is 0 Å². The first-order chi connectivity index (χ1) is 24.9. The fourth-order valence-corrected chi connectivity index (χ4v) is 7.21. The minimum absolute atomic E-state index is 0.0169. The Kier molecular flexibility index (Phi) is 11.6. The summed E-state index contributed by atoms with van der Waals surface area (Å²) < 4.78 is 27.2. The lowest BCUT2D eigenvalue weighted by Gasteiger charge is -2.27. The number of nitrogens with one attached hydrogen (secondary N) is 3. The van der Waals surface area contributed by atoms with Crippen molar-refractivity contribution in [3.8, 4) is 28.3 Å². The van der Waals surface area contributed by atoms with Gasteiger partial charge in [0.05, 0.1) is 28.5 Å². The fraction of sp³-hybridized carbons (Fsp3) is 0.385. The second-order valence-corrected chi connectivity index (χ2v) is 14.8. The van der Waals surface area contributed by atoms with Crippen molar-refractivity contribution in [3.05, 3.63) is 87.8 Å². The van der Waals surface area contributed by atoms with Gasteiger partial charge in [0, 0.05) is 66.1 Å². The van der Waals surface area contributed by atoms with Crippen molar-refractivity contribution < 1.29 is 23.5 Å². The van der Waals surface area contributed by atoms with Gasteiger partial charge in [0.2, 0.25) is 11.8 Å². The maximum atomic E-state index is 15.9. The minimum atomic E-state index is -0.602. The maximum Gasteiger partial charge on any atom is 0.323 e. The molecule has 1 amide bonds. The van der Waals surface area contributed by atoms with Crippen LogP contribution in [0.4, 0.5) is 15.9 Å². The average molecular weight is 750 g/mol. The van der Waals surface area contributed by atoms with Gasteiger partial charge in [-0.3, -0.25) is 14.5 Å². The molecule has 0 bridgehead atoms. The van der Waals surface area contributed by atoms with E-state index < -0.39 is 17.5 Å². The summed E-state index contributed by atoms with van der Waals surface area (Å²) in [5.74, 6) is -0.254. The molecule has 4 aromatic rings. The first kappa shape index (κ1) is 37.5. The van der Waals surface area contributed by atoms with Gasteiger partial charge >= 0.3 is 5.97 Å². The Labute approximate surface area is 313 Å². The standard InChI is InChI=1S/C39H43Cl2FN6O4/c1-39(2,3)52-38(50)31-12-7-19-48(31)22-24-17-18-44-36(35(24)42)46-30-11-6-9-27(34(30)41)26-8-5-10-28(33(26)40)29-15-13-23(37(47-29)51-4)20-43-21-25-14-16-32(49)45-25/h5-6,8-11,13,15,17-18,25,31,43H,7,12,14,16,19-22H2,1-4H3,(H,44,46)(H,45,49)/t25-,31-/m0/s1. The lowest BCUT2D eigenvalue weighted by molar-refractivity contribution is -0.160. The molecule has 6 rings (SSSR count). The average Bonchev–Trinajstić information content (AvgIpc) is 3.75. The highest BCUT2D eigenvalue weighted by Crippen LogP contribution is 2.42. The summed E-state index contributed by atoms with van der Waals surface area (Å²) in [6.45, 7) is 7.59. The molecule has 2 aromatic heterocycles. The van der Waals surface area contributed by atoms with Gasteiger partial charge in [0.25, 0.3) is 0 Å². The summed E-state index contributed by atoms with van der Waals surface area (Å²) in [6, 6.07) is 16.2. The number of nitrogens with zero attached hydrogens (tertiary/aromatic N) is 3. The Morgan fingerprint density at radius 2 is 1.77 bits per heavy atom. The van der Waals surface area contributed by atoms with Crippen molar-refractivity contribution in [2.24, 2.45) is 0 Å². The number of hydrogen-bond acceptors (Lipinski definition) is 9. The minimum Gasteiger partial charge on any atom is -0.481 e. The van der Waals surface area contributed by atoms with Crippen LogP contribution in [0.2, 0.25) is 10.0 Å². The number of carbonyl (C=O) groups excluding carboxylic acids is 2. The van der Waals surface area contributed by atoms with Crippen molar-refractivity contribution in [2.75, 3.05) is 25.5 Å². The summed E-state index contributed by atoms with van der Waals surface area (Å²) in [5, 5.41) is 10.2. The molecule has 2 saturated heterocycles.